The van der Waals surface area contributed by atoms with Crippen molar-refractivity contribution in [2.45, 2.75) is 51.4 Å². The molecular weight excluding hydrogens is 516 g/mol. The summed E-state index contributed by atoms with van der Waals surface area (Å²) in [5.41, 5.74) is 1.10. The number of halogens is 4. The second kappa shape index (κ2) is 9.93. The van der Waals surface area contributed by atoms with Gasteiger partial charge in [0.2, 0.25) is 10.0 Å². The van der Waals surface area contributed by atoms with Crippen LogP contribution in [0.15, 0.2) is 41.0 Å². The number of nitrogens with one attached hydrogen (secondary N) is 1. The van der Waals surface area contributed by atoms with E-state index in [1.165, 1.54) is 43.5 Å². The summed E-state index contributed by atoms with van der Waals surface area (Å²) in [6.45, 7) is 2.98. The van der Waals surface area contributed by atoms with Gasteiger partial charge in [0.05, 0.1) is 23.8 Å². The Morgan fingerprint density at radius 3 is 2.43 bits per heavy atom. The number of anilines is 1. The average Bonchev–Trinajstić information content (AvgIpc) is 3.39. The molecule has 0 aliphatic carbocycles. The first kappa shape index (κ1) is 26.9. The number of nitrogens with zero attached hydrogens (tertiary/aromatic N) is 3. The van der Waals surface area contributed by atoms with Gasteiger partial charge in [-0.05, 0) is 50.5 Å². The zero-order chi connectivity index (χ0) is 27.1. The second-order valence-electron chi connectivity index (χ2n) is 9.06. The second-order valence-corrected chi connectivity index (χ2v) is 11.0. The molecule has 1 N–H and O–H groups in total. The summed E-state index contributed by atoms with van der Waals surface area (Å²) in [5, 5.41) is 7.37. The molecule has 1 aliphatic rings. The van der Waals surface area contributed by atoms with E-state index in [2.05, 4.69) is 10.4 Å². The number of benzene rings is 1. The van der Waals surface area contributed by atoms with Crippen molar-refractivity contribution in [2.75, 3.05) is 18.1 Å². The van der Waals surface area contributed by atoms with Gasteiger partial charge in [-0.25, -0.2) is 12.8 Å². The summed E-state index contributed by atoms with van der Waals surface area (Å²) in [5.74, 6) is -1.92. The van der Waals surface area contributed by atoms with Gasteiger partial charge in [-0.1, -0.05) is 12.1 Å². The molecule has 0 amide bonds. The predicted octanol–water partition coefficient (Wildman–Crippen LogP) is 4.60. The number of hydrogen-bond acceptors (Lipinski definition) is 6. The van der Waals surface area contributed by atoms with E-state index < -0.39 is 39.9 Å². The minimum atomic E-state index is -4.86. The molecular formula is C24H26F4N4O4S. The molecule has 1 aliphatic heterocycles. The predicted molar refractivity (Wildman–Crippen MR) is 127 cm³/mol. The maximum absolute atomic E-state index is 14.3. The van der Waals surface area contributed by atoms with Crippen molar-refractivity contribution in [2.24, 2.45) is 0 Å². The molecule has 2 atom stereocenters. The Morgan fingerprint density at radius 1 is 1.19 bits per heavy atom. The molecule has 1 fully saturated rings. The lowest BCUT2D eigenvalue weighted by molar-refractivity contribution is -0.182. The number of hydrogen-bond donors (Lipinski definition) is 1. The smallest absolute Gasteiger partial charge is 0.405 e. The van der Waals surface area contributed by atoms with E-state index in [4.69, 9.17) is 4.42 Å². The minimum absolute atomic E-state index is 0.0215. The van der Waals surface area contributed by atoms with Crippen molar-refractivity contribution in [1.29, 1.82) is 0 Å². The molecule has 0 radical (unpaired) electrons. The van der Waals surface area contributed by atoms with Crippen molar-refractivity contribution in [3.05, 3.63) is 70.6 Å². The van der Waals surface area contributed by atoms with E-state index >= 15 is 0 Å². The number of rotatable bonds is 6. The van der Waals surface area contributed by atoms with Crippen LogP contribution in [0.2, 0.25) is 0 Å². The fourth-order valence-corrected chi connectivity index (χ4v) is 5.88. The lowest BCUT2D eigenvalue weighted by Crippen LogP contribution is -2.54. The van der Waals surface area contributed by atoms with Crippen LogP contribution < -0.4 is 5.32 Å². The lowest BCUT2D eigenvalue weighted by Gasteiger charge is -2.40. The van der Waals surface area contributed by atoms with Crippen LogP contribution in [0.1, 0.15) is 51.7 Å². The highest BCUT2D eigenvalue weighted by Gasteiger charge is 2.54. The van der Waals surface area contributed by atoms with E-state index in [9.17, 15) is 30.8 Å². The van der Waals surface area contributed by atoms with E-state index in [1.807, 2.05) is 0 Å². The first-order chi connectivity index (χ1) is 17.3. The van der Waals surface area contributed by atoms with Gasteiger partial charge in [0.1, 0.15) is 23.4 Å². The molecule has 3 aromatic rings. The summed E-state index contributed by atoms with van der Waals surface area (Å²) in [6, 6.07) is 4.71. The highest BCUT2D eigenvalue weighted by molar-refractivity contribution is 7.88. The van der Waals surface area contributed by atoms with E-state index in [1.54, 1.807) is 6.92 Å². The van der Waals surface area contributed by atoms with E-state index in [0.29, 0.717) is 15.6 Å². The maximum Gasteiger partial charge on any atom is 0.405 e. The molecule has 2 unspecified atom stereocenters. The monoisotopic (exact) mass is 542 g/mol. The molecule has 3 heterocycles. The van der Waals surface area contributed by atoms with Gasteiger partial charge >= 0.3 is 6.18 Å². The summed E-state index contributed by atoms with van der Waals surface area (Å²) in [7, 11) is -4.17. The van der Waals surface area contributed by atoms with Gasteiger partial charge in [-0.3, -0.25) is 4.79 Å². The fourth-order valence-electron chi connectivity index (χ4n) is 4.74. The standard InChI is InChI=1S/C24H26F4N4O4S/c1-14-20(19-5-4-11-31(37(3,34)35)21(19)24(26,27)28)30-32(23(33)18-10-12-36-15(18)2)22(14)29-13-16-6-8-17(25)9-7-16/h6-10,12,19,21,29H,4-5,11,13H2,1-3H3. The van der Waals surface area contributed by atoms with Crippen molar-refractivity contribution in [3.8, 4) is 0 Å². The van der Waals surface area contributed by atoms with Gasteiger partial charge in [0, 0.05) is 24.6 Å². The third-order valence-electron chi connectivity index (χ3n) is 6.51. The molecule has 1 saturated heterocycles. The number of sulfonamides is 1. The van der Waals surface area contributed by atoms with Crippen LogP contribution in [0.3, 0.4) is 0 Å². The Bertz CT molecular complexity index is 1400. The van der Waals surface area contributed by atoms with Crippen LogP contribution in [0.5, 0.6) is 0 Å². The van der Waals surface area contributed by atoms with Gasteiger partial charge in [0.25, 0.3) is 5.91 Å². The van der Waals surface area contributed by atoms with Crippen molar-refractivity contribution in [1.82, 2.24) is 14.1 Å². The number of furan rings is 1. The molecule has 0 spiro atoms. The maximum atomic E-state index is 14.3. The summed E-state index contributed by atoms with van der Waals surface area (Å²) >= 11 is 0. The quantitative estimate of drug-likeness (QED) is 0.458. The van der Waals surface area contributed by atoms with Crippen LogP contribution >= 0.6 is 0 Å². The van der Waals surface area contributed by atoms with Crippen molar-refractivity contribution < 1.29 is 35.2 Å². The highest BCUT2D eigenvalue weighted by atomic mass is 32.2. The molecule has 4 rings (SSSR count). The first-order valence-electron chi connectivity index (χ1n) is 11.5. The molecule has 1 aromatic carbocycles. The fraction of sp³-hybridized carbons (Fsp3) is 0.417. The SMILES string of the molecule is Cc1occc1C(=O)n1nc(C2CCCN(S(C)(=O)=O)C2C(F)(F)F)c(C)c1NCc1ccc(F)cc1. The molecule has 200 valence electrons. The number of aryl methyl sites for hydroxylation is 1. The van der Waals surface area contributed by atoms with E-state index in [0.717, 1.165) is 10.9 Å². The van der Waals surface area contributed by atoms with Gasteiger partial charge < -0.3 is 9.73 Å². The Hall–Kier alpha value is -3.19. The van der Waals surface area contributed by atoms with Crippen molar-refractivity contribution in [3.63, 3.8) is 0 Å². The molecule has 13 heteroatoms. The van der Waals surface area contributed by atoms with Crippen LogP contribution in [0, 0.1) is 19.7 Å². The Balaban J connectivity index is 1.81. The third kappa shape index (κ3) is 5.42. The average molecular weight is 543 g/mol. The zero-order valence-corrected chi connectivity index (χ0v) is 21.2. The van der Waals surface area contributed by atoms with Crippen LogP contribution in [-0.2, 0) is 16.6 Å². The highest BCUT2D eigenvalue weighted by Crippen LogP contribution is 2.44. The lowest BCUT2D eigenvalue weighted by atomic mass is 9.86. The molecule has 8 nitrogen and oxygen atoms in total. The summed E-state index contributed by atoms with van der Waals surface area (Å²) in [4.78, 5) is 13.4. The van der Waals surface area contributed by atoms with Gasteiger partial charge in [-0.15, -0.1) is 0 Å². The van der Waals surface area contributed by atoms with Crippen LogP contribution in [0.25, 0.3) is 0 Å². The first-order valence-corrected chi connectivity index (χ1v) is 13.3. The van der Waals surface area contributed by atoms with E-state index in [-0.39, 0.29) is 48.6 Å². The van der Waals surface area contributed by atoms with Crippen molar-refractivity contribution >= 4 is 21.7 Å². The number of aromatic nitrogens is 2. The molecule has 0 saturated carbocycles. The Morgan fingerprint density at radius 2 is 1.86 bits per heavy atom. The number of carbonyl (C=O) groups is 1. The Labute approximate surface area is 211 Å². The third-order valence-corrected chi connectivity index (χ3v) is 7.77. The zero-order valence-electron chi connectivity index (χ0n) is 20.3. The molecule has 37 heavy (non-hydrogen) atoms. The van der Waals surface area contributed by atoms with Crippen LogP contribution in [0.4, 0.5) is 23.4 Å². The largest absolute Gasteiger partial charge is 0.469 e. The normalized spacial score (nSPS) is 19.2. The number of piperidine rings is 1. The number of carbonyl (C=O) groups excluding carboxylic acids is 1. The van der Waals surface area contributed by atoms with Gasteiger partial charge in [-0.2, -0.15) is 27.3 Å². The minimum Gasteiger partial charge on any atom is -0.469 e. The van der Waals surface area contributed by atoms with Gasteiger partial charge in [0.15, 0.2) is 0 Å². The number of alkyl halides is 3. The molecule has 2 aromatic heterocycles. The molecule has 0 bridgehead atoms. The summed E-state index contributed by atoms with van der Waals surface area (Å²) < 4.78 is 87.3. The summed E-state index contributed by atoms with van der Waals surface area (Å²) in [6.07, 6.45) is -2.57. The van der Waals surface area contributed by atoms with Crippen LogP contribution in [-0.4, -0.2) is 53.4 Å². The Kier molecular flexibility index (Phi) is 7.21. The topological polar surface area (TPSA) is 97.4 Å².